The Hall–Kier alpha value is -2.15. The van der Waals surface area contributed by atoms with E-state index in [9.17, 15) is 14.4 Å². The maximum atomic E-state index is 12.6. The Morgan fingerprint density at radius 3 is 2.70 bits per heavy atom. The number of esters is 2. The van der Waals surface area contributed by atoms with Crippen LogP contribution in [-0.2, 0) is 25.5 Å². The molecule has 2 atom stereocenters. The van der Waals surface area contributed by atoms with E-state index in [1.54, 1.807) is 19.1 Å². The first kappa shape index (κ1) is 19.6. The van der Waals surface area contributed by atoms with Gasteiger partial charge in [0.2, 0.25) is 0 Å². The van der Waals surface area contributed by atoms with Gasteiger partial charge in [-0.25, -0.2) is 0 Å². The van der Waals surface area contributed by atoms with Crippen molar-refractivity contribution >= 4 is 39.2 Å². The minimum Gasteiger partial charge on any atom is -0.493 e. The lowest BCUT2D eigenvalue weighted by Gasteiger charge is -2.37. The molecule has 0 saturated heterocycles. The van der Waals surface area contributed by atoms with E-state index in [-0.39, 0.29) is 29.3 Å². The summed E-state index contributed by atoms with van der Waals surface area (Å²) in [6.45, 7) is 3.39. The summed E-state index contributed by atoms with van der Waals surface area (Å²) in [5.41, 5.74) is 2.18. The predicted octanol–water partition coefficient (Wildman–Crippen LogP) is 3.48. The van der Waals surface area contributed by atoms with Crippen LogP contribution in [0.25, 0.3) is 5.57 Å². The summed E-state index contributed by atoms with van der Waals surface area (Å²) in [6, 6.07) is 1.71. The van der Waals surface area contributed by atoms with E-state index in [2.05, 4.69) is 15.9 Å². The average Bonchev–Trinajstić information content (AvgIpc) is 2.62. The topological polar surface area (TPSA) is 78.9 Å². The Bertz CT molecular complexity index is 841. The second-order valence-corrected chi connectivity index (χ2v) is 7.47. The first-order valence-electron chi connectivity index (χ1n) is 8.86. The number of carbonyl (C=O) groups is 3. The van der Waals surface area contributed by atoms with E-state index in [0.717, 1.165) is 10.0 Å². The number of hydrogen-bond acceptors (Lipinski definition) is 6. The van der Waals surface area contributed by atoms with Gasteiger partial charge in [0.05, 0.1) is 19.6 Å². The Balaban J connectivity index is 2.24. The van der Waals surface area contributed by atoms with Crippen LogP contribution in [-0.4, -0.2) is 31.4 Å². The molecule has 0 heterocycles. The number of methoxy groups -OCH3 is 1. The number of halogens is 1. The van der Waals surface area contributed by atoms with Crippen LogP contribution in [0.5, 0.6) is 11.5 Å². The van der Waals surface area contributed by atoms with E-state index >= 15 is 0 Å². The third-order valence-electron chi connectivity index (χ3n) is 4.97. The normalized spacial score (nSPS) is 20.9. The lowest BCUT2D eigenvalue weighted by atomic mass is 9.68. The van der Waals surface area contributed by atoms with Gasteiger partial charge < -0.3 is 14.2 Å². The highest BCUT2D eigenvalue weighted by atomic mass is 79.9. The highest BCUT2D eigenvalue weighted by Gasteiger charge is 2.42. The molecule has 2 aliphatic rings. The minimum absolute atomic E-state index is 0.00979. The molecule has 0 aromatic heterocycles. The van der Waals surface area contributed by atoms with Crippen LogP contribution in [0.1, 0.15) is 37.8 Å². The number of rotatable bonds is 4. The number of fused-ring (bicyclic) bond motifs is 3. The van der Waals surface area contributed by atoms with Crippen molar-refractivity contribution in [2.24, 2.45) is 11.8 Å². The molecule has 0 bridgehead atoms. The van der Waals surface area contributed by atoms with Crippen molar-refractivity contribution < 1.29 is 28.6 Å². The fourth-order valence-electron chi connectivity index (χ4n) is 3.89. The molecule has 0 amide bonds. The molecule has 0 radical (unpaired) electrons. The summed E-state index contributed by atoms with van der Waals surface area (Å²) < 4.78 is 16.9. The van der Waals surface area contributed by atoms with Crippen LogP contribution < -0.4 is 9.47 Å². The van der Waals surface area contributed by atoms with Crippen LogP contribution in [0.3, 0.4) is 0 Å². The molecule has 0 spiro atoms. The summed E-state index contributed by atoms with van der Waals surface area (Å²) >= 11 is 3.54. The number of ketones is 1. The molecule has 3 rings (SSSR count). The summed E-state index contributed by atoms with van der Waals surface area (Å²) in [5.74, 6) is -0.631. The quantitative estimate of drug-likeness (QED) is 0.530. The van der Waals surface area contributed by atoms with Gasteiger partial charge in [0.1, 0.15) is 0 Å². The lowest BCUT2D eigenvalue weighted by Crippen LogP contribution is -2.35. The molecule has 1 aromatic carbocycles. The second-order valence-electron chi connectivity index (χ2n) is 6.61. The van der Waals surface area contributed by atoms with Crippen LogP contribution >= 0.6 is 15.9 Å². The zero-order valence-electron chi connectivity index (χ0n) is 15.5. The van der Waals surface area contributed by atoms with Crippen LogP contribution in [0.2, 0.25) is 0 Å². The maximum Gasteiger partial charge on any atom is 0.309 e. The van der Waals surface area contributed by atoms with Gasteiger partial charge in [-0.1, -0.05) is 15.9 Å². The number of hydrogen-bond donors (Lipinski definition) is 0. The lowest BCUT2D eigenvalue weighted by molar-refractivity contribution is -0.149. The summed E-state index contributed by atoms with van der Waals surface area (Å²) in [4.78, 5) is 36.4. The molecular formula is C20H21BrO6. The van der Waals surface area contributed by atoms with Crippen molar-refractivity contribution in [2.45, 2.75) is 33.1 Å². The van der Waals surface area contributed by atoms with Gasteiger partial charge >= 0.3 is 11.9 Å². The molecule has 0 N–H and O–H groups in total. The number of carbonyl (C=O) groups excluding carboxylic acids is 3. The molecule has 27 heavy (non-hydrogen) atoms. The van der Waals surface area contributed by atoms with Gasteiger partial charge in [-0.05, 0) is 49.0 Å². The molecule has 2 aliphatic carbocycles. The molecule has 6 nitrogen and oxygen atoms in total. The number of ether oxygens (including phenoxy) is 3. The van der Waals surface area contributed by atoms with Gasteiger partial charge in [-0.2, -0.15) is 0 Å². The van der Waals surface area contributed by atoms with Crippen molar-refractivity contribution in [1.29, 1.82) is 0 Å². The highest BCUT2D eigenvalue weighted by Crippen LogP contribution is 2.52. The summed E-state index contributed by atoms with van der Waals surface area (Å²) in [7, 11) is 1.49. The molecule has 7 heteroatoms. The smallest absolute Gasteiger partial charge is 0.309 e. The summed E-state index contributed by atoms with van der Waals surface area (Å²) in [5, 5.41) is 0. The third-order valence-corrected chi connectivity index (χ3v) is 5.68. The van der Waals surface area contributed by atoms with Crippen molar-refractivity contribution in [1.82, 2.24) is 0 Å². The fourth-order valence-corrected chi connectivity index (χ4v) is 4.46. The van der Waals surface area contributed by atoms with Crippen molar-refractivity contribution in [3.63, 3.8) is 0 Å². The largest absolute Gasteiger partial charge is 0.493 e. The van der Waals surface area contributed by atoms with Gasteiger partial charge in [0.25, 0.3) is 0 Å². The van der Waals surface area contributed by atoms with Gasteiger partial charge in [0.15, 0.2) is 17.3 Å². The van der Waals surface area contributed by atoms with Crippen LogP contribution in [0.4, 0.5) is 0 Å². The SMILES string of the molecule is CCOC(=O)[C@H]1Cc2c(Br)cc(OC)c(OC(C)=O)c2C2=CC(=O)CC[C@@H]21. The monoisotopic (exact) mass is 436 g/mol. The van der Waals surface area contributed by atoms with Gasteiger partial charge in [-0.15, -0.1) is 0 Å². The van der Waals surface area contributed by atoms with E-state index < -0.39 is 5.97 Å². The molecule has 0 aliphatic heterocycles. The maximum absolute atomic E-state index is 12.6. The Labute approximate surface area is 166 Å². The Morgan fingerprint density at radius 2 is 2.07 bits per heavy atom. The minimum atomic E-state index is -0.482. The fraction of sp³-hybridized carbons (Fsp3) is 0.450. The number of allylic oxidation sites excluding steroid dienone is 2. The summed E-state index contributed by atoms with van der Waals surface area (Å²) in [6.07, 6.45) is 2.94. The molecule has 0 saturated carbocycles. The van der Waals surface area contributed by atoms with Crippen molar-refractivity contribution in [2.75, 3.05) is 13.7 Å². The predicted molar refractivity (Wildman–Crippen MR) is 102 cm³/mol. The Kier molecular flexibility index (Phi) is 5.69. The van der Waals surface area contributed by atoms with Crippen molar-refractivity contribution in [3.8, 4) is 11.5 Å². The first-order chi connectivity index (χ1) is 12.9. The molecule has 1 aromatic rings. The van der Waals surface area contributed by atoms with Gasteiger partial charge in [-0.3, -0.25) is 14.4 Å². The van der Waals surface area contributed by atoms with E-state index in [1.807, 2.05) is 0 Å². The third kappa shape index (κ3) is 3.65. The Morgan fingerprint density at radius 1 is 1.33 bits per heavy atom. The highest BCUT2D eigenvalue weighted by molar-refractivity contribution is 9.10. The molecule has 0 fully saturated rings. The van der Waals surface area contributed by atoms with E-state index in [0.29, 0.717) is 42.8 Å². The van der Waals surface area contributed by atoms with Crippen molar-refractivity contribution in [3.05, 3.63) is 27.7 Å². The zero-order chi connectivity index (χ0) is 19.7. The van der Waals surface area contributed by atoms with E-state index in [1.165, 1.54) is 14.0 Å². The number of benzene rings is 1. The first-order valence-corrected chi connectivity index (χ1v) is 9.65. The second kappa shape index (κ2) is 7.84. The molecule has 0 unspecified atom stereocenters. The van der Waals surface area contributed by atoms with Crippen LogP contribution in [0.15, 0.2) is 16.6 Å². The molecular weight excluding hydrogens is 416 g/mol. The zero-order valence-corrected chi connectivity index (χ0v) is 17.1. The van der Waals surface area contributed by atoms with Gasteiger partial charge in [0, 0.05) is 23.4 Å². The standard InChI is InChI=1S/C20H21BrO6/c1-4-26-20(24)14-8-15-16(21)9-17(25-3)19(27-10(2)22)18(15)13-7-11(23)5-6-12(13)14/h7,9,12,14H,4-6,8H2,1-3H3/t12-,14-/m0/s1. The van der Waals surface area contributed by atoms with Crippen LogP contribution in [0, 0.1) is 11.8 Å². The average molecular weight is 437 g/mol. The van der Waals surface area contributed by atoms with E-state index in [4.69, 9.17) is 14.2 Å². The molecule has 144 valence electrons.